The van der Waals surface area contributed by atoms with Crippen molar-refractivity contribution in [3.63, 3.8) is 0 Å². The van der Waals surface area contributed by atoms with Gasteiger partial charge in [-0.1, -0.05) is 44.6 Å². The van der Waals surface area contributed by atoms with Gasteiger partial charge in [-0.15, -0.1) is 6.58 Å². The van der Waals surface area contributed by atoms with Gasteiger partial charge in [0.2, 0.25) is 6.79 Å². The maximum atomic E-state index is 13.3. The number of amides is 1. The highest BCUT2D eigenvalue weighted by Gasteiger charge is 2.36. The number of carbonyl (C=O) groups is 3. The minimum atomic E-state index is -0.874. The van der Waals surface area contributed by atoms with Crippen LogP contribution >= 0.6 is 0 Å². The van der Waals surface area contributed by atoms with Gasteiger partial charge in [0.15, 0.2) is 17.2 Å². The van der Waals surface area contributed by atoms with Crippen molar-refractivity contribution < 1.29 is 38.1 Å². The number of rotatable bonds is 11. The first kappa shape index (κ1) is 30.4. The first-order chi connectivity index (χ1) is 18.8. The number of hydrogen-bond donors (Lipinski definition) is 1. The van der Waals surface area contributed by atoms with Crippen LogP contribution in [0.5, 0.6) is 11.5 Å². The second-order valence-corrected chi connectivity index (χ2v) is 10.3. The molecule has 4 atom stereocenters. The number of aromatic nitrogens is 1. The van der Waals surface area contributed by atoms with Gasteiger partial charge in [-0.3, -0.25) is 9.59 Å². The smallest absolute Gasteiger partial charge is 0.329 e. The van der Waals surface area contributed by atoms with E-state index < -0.39 is 36.8 Å². The molecule has 1 aliphatic heterocycles. The molecular weight excluding hydrogens is 504 g/mol. The SMILES string of the molecule is C=CCO[C@@H]1[C@@H](CC2CCCC2)CCCC[C@H](NC(=O)c2nccc(OC)c2OCOC(C)=O)C(=O)O[C@H]1C. The van der Waals surface area contributed by atoms with Crippen molar-refractivity contribution in [1.29, 1.82) is 0 Å². The Hall–Kier alpha value is -3.14. The summed E-state index contributed by atoms with van der Waals surface area (Å²) in [5.41, 5.74) is -0.0942. The second-order valence-electron chi connectivity index (χ2n) is 10.3. The fourth-order valence-electron chi connectivity index (χ4n) is 5.55. The summed E-state index contributed by atoms with van der Waals surface area (Å²) >= 11 is 0. The molecule has 10 heteroatoms. The molecule has 0 spiro atoms. The van der Waals surface area contributed by atoms with Gasteiger partial charge in [-0.2, -0.15) is 0 Å². The van der Waals surface area contributed by atoms with E-state index in [9.17, 15) is 14.4 Å². The molecular formula is C29H42N2O8. The van der Waals surface area contributed by atoms with Gasteiger partial charge in [0, 0.05) is 19.2 Å². The highest BCUT2D eigenvalue weighted by molar-refractivity contribution is 5.98. The highest BCUT2D eigenvalue weighted by atomic mass is 16.7. The summed E-state index contributed by atoms with van der Waals surface area (Å²) in [4.78, 5) is 41.8. The molecule has 1 amide bonds. The van der Waals surface area contributed by atoms with Gasteiger partial charge in [0.05, 0.1) is 19.8 Å². The number of cyclic esters (lactones) is 1. The van der Waals surface area contributed by atoms with E-state index >= 15 is 0 Å². The Morgan fingerprint density at radius 2 is 1.90 bits per heavy atom. The normalized spacial score (nSPS) is 24.3. The van der Waals surface area contributed by atoms with Gasteiger partial charge >= 0.3 is 11.9 Å². The predicted octanol–water partition coefficient (Wildman–Crippen LogP) is 4.36. The third kappa shape index (κ3) is 8.95. The van der Waals surface area contributed by atoms with Crippen LogP contribution in [-0.2, 0) is 23.8 Å². The molecule has 1 aliphatic carbocycles. The molecule has 0 bridgehead atoms. The Labute approximate surface area is 230 Å². The minimum absolute atomic E-state index is 0.00740. The van der Waals surface area contributed by atoms with Crippen LogP contribution in [0.4, 0.5) is 0 Å². The summed E-state index contributed by atoms with van der Waals surface area (Å²) in [6.07, 6.45) is 11.5. The Morgan fingerprint density at radius 1 is 1.18 bits per heavy atom. The van der Waals surface area contributed by atoms with Crippen molar-refractivity contribution in [2.24, 2.45) is 11.8 Å². The number of nitrogens with zero attached hydrogens (tertiary/aromatic N) is 1. The molecule has 3 rings (SSSR count). The average molecular weight is 547 g/mol. The van der Waals surface area contributed by atoms with Crippen LogP contribution < -0.4 is 14.8 Å². The van der Waals surface area contributed by atoms with E-state index in [1.54, 1.807) is 6.08 Å². The third-order valence-corrected chi connectivity index (χ3v) is 7.42. The zero-order valence-corrected chi connectivity index (χ0v) is 23.3. The molecule has 0 aromatic carbocycles. The van der Waals surface area contributed by atoms with Gasteiger partial charge in [-0.05, 0) is 38.0 Å². The van der Waals surface area contributed by atoms with E-state index in [-0.39, 0.29) is 23.3 Å². The highest BCUT2D eigenvalue weighted by Crippen LogP contribution is 2.36. The van der Waals surface area contributed by atoms with Crippen molar-refractivity contribution in [3.05, 3.63) is 30.6 Å². The Bertz CT molecular complexity index is 978. The standard InChI is InChI=1S/C29H42N2O8/c1-5-16-36-26-19(2)39-29(34)23(13-9-8-12-22(26)17-21-10-6-7-11-21)31-28(33)25-27(38-18-37-20(3)32)24(35-4)14-15-30-25/h5,14-15,19,21-23,26H,1,6-13,16-18H2,2-4H3,(H,31,33)/t19-,22+,23-,26-/m0/s1. The molecule has 39 heavy (non-hydrogen) atoms. The lowest BCUT2D eigenvalue weighted by Crippen LogP contribution is -2.46. The van der Waals surface area contributed by atoms with Gasteiger partial charge < -0.3 is 29.0 Å². The monoisotopic (exact) mass is 546 g/mol. The summed E-state index contributed by atoms with van der Waals surface area (Å²) in [7, 11) is 1.42. The fourth-order valence-corrected chi connectivity index (χ4v) is 5.55. The number of esters is 2. The van der Waals surface area contributed by atoms with Gasteiger partial charge in [-0.25, -0.2) is 9.78 Å². The minimum Gasteiger partial charge on any atom is -0.493 e. The van der Waals surface area contributed by atoms with Crippen LogP contribution in [0, 0.1) is 11.8 Å². The van der Waals surface area contributed by atoms with Gasteiger partial charge in [0.25, 0.3) is 5.91 Å². The molecule has 1 saturated heterocycles. The van der Waals surface area contributed by atoms with Crippen molar-refractivity contribution in [3.8, 4) is 11.5 Å². The molecule has 1 aromatic rings. The van der Waals surface area contributed by atoms with Crippen molar-refractivity contribution >= 4 is 17.8 Å². The van der Waals surface area contributed by atoms with Crippen LogP contribution in [0.25, 0.3) is 0 Å². The van der Waals surface area contributed by atoms with E-state index in [1.807, 2.05) is 6.92 Å². The molecule has 2 fully saturated rings. The summed E-state index contributed by atoms with van der Waals surface area (Å²) in [5.74, 6) is -0.460. The second kappa shape index (κ2) is 15.5. The molecule has 0 radical (unpaired) electrons. The summed E-state index contributed by atoms with van der Waals surface area (Å²) in [6.45, 7) is 6.84. The summed E-state index contributed by atoms with van der Waals surface area (Å²) in [6, 6.07) is 0.644. The molecule has 10 nitrogen and oxygen atoms in total. The van der Waals surface area contributed by atoms with Crippen molar-refractivity contribution in [2.75, 3.05) is 20.5 Å². The van der Waals surface area contributed by atoms with Crippen LogP contribution in [0.1, 0.15) is 82.1 Å². The van der Waals surface area contributed by atoms with E-state index in [4.69, 9.17) is 23.7 Å². The Balaban J connectivity index is 1.73. The fraction of sp³-hybridized carbons (Fsp3) is 0.655. The number of methoxy groups -OCH3 is 1. The van der Waals surface area contributed by atoms with E-state index in [0.717, 1.165) is 25.7 Å². The van der Waals surface area contributed by atoms with Crippen LogP contribution in [0.3, 0.4) is 0 Å². The van der Waals surface area contributed by atoms with Crippen LogP contribution in [0.2, 0.25) is 0 Å². The number of hydrogen-bond acceptors (Lipinski definition) is 9. The predicted molar refractivity (Wildman–Crippen MR) is 143 cm³/mol. The zero-order chi connectivity index (χ0) is 28.2. The van der Waals surface area contributed by atoms with Gasteiger partial charge in [0.1, 0.15) is 12.1 Å². The molecule has 1 N–H and O–H groups in total. The Morgan fingerprint density at radius 3 is 2.59 bits per heavy atom. The number of carbonyl (C=O) groups excluding carboxylic acids is 3. The maximum absolute atomic E-state index is 13.3. The summed E-state index contributed by atoms with van der Waals surface area (Å²) in [5, 5.41) is 2.76. The first-order valence-corrected chi connectivity index (χ1v) is 13.9. The van der Waals surface area contributed by atoms with Crippen LogP contribution in [-0.4, -0.2) is 61.6 Å². The molecule has 2 aliphatic rings. The lowest BCUT2D eigenvalue weighted by molar-refractivity contribution is -0.162. The zero-order valence-electron chi connectivity index (χ0n) is 23.3. The molecule has 0 unspecified atom stereocenters. The quantitative estimate of drug-likeness (QED) is 0.245. The lowest BCUT2D eigenvalue weighted by Gasteiger charge is -2.34. The number of pyridine rings is 1. The molecule has 2 heterocycles. The van der Waals surface area contributed by atoms with E-state index in [0.29, 0.717) is 24.9 Å². The first-order valence-electron chi connectivity index (χ1n) is 13.9. The van der Waals surface area contributed by atoms with E-state index in [1.165, 1.54) is 52.0 Å². The Kier molecular flexibility index (Phi) is 12.0. The topological polar surface area (TPSA) is 122 Å². The molecule has 216 valence electrons. The number of ether oxygens (including phenoxy) is 5. The maximum Gasteiger partial charge on any atom is 0.329 e. The van der Waals surface area contributed by atoms with Crippen LogP contribution in [0.15, 0.2) is 24.9 Å². The summed E-state index contributed by atoms with van der Waals surface area (Å²) < 4.78 is 27.7. The average Bonchev–Trinajstić information content (AvgIpc) is 3.42. The van der Waals surface area contributed by atoms with Crippen molar-refractivity contribution in [1.82, 2.24) is 10.3 Å². The van der Waals surface area contributed by atoms with Crippen molar-refractivity contribution in [2.45, 2.75) is 89.9 Å². The lowest BCUT2D eigenvalue weighted by atomic mass is 9.83. The third-order valence-electron chi connectivity index (χ3n) is 7.42. The van der Waals surface area contributed by atoms with E-state index in [2.05, 4.69) is 16.9 Å². The number of nitrogens with one attached hydrogen (secondary N) is 1. The molecule has 1 saturated carbocycles. The molecule has 1 aromatic heterocycles. The largest absolute Gasteiger partial charge is 0.493 e.